The number of imidazole rings is 2. The van der Waals surface area contributed by atoms with E-state index in [0.717, 1.165) is 107 Å². The number of aliphatic hydroxyl groups excluding tert-OH is 1. The second-order valence-corrected chi connectivity index (χ2v) is 17.3. The van der Waals surface area contributed by atoms with Crippen LogP contribution in [0.1, 0.15) is 101 Å². The molecule has 57 heavy (non-hydrogen) atoms. The van der Waals surface area contributed by atoms with Gasteiger partial charge < -0.3 is 24.7 Å². The smallest absolute Gasteiger partial charge is 0.306 e. The minimum Gasteiger partial charge on any atom is -0.481 e. The van der Waals surface area contributed by atoms with E-state index in [1.807, 2.05) is 53.6 Å². The molecule has 3 N–H and O–H groups in total. The standard InChI is InChI=1S/C43H51Cl2N7O5/c1-49-36-18-20-52(28-13-15-29(53)16-14-28)24-34(36)46-40(49)37(54)21-27-5-3-6-30(38(27)44)31-7-4-8-32(39(31)45)48-42(55)41-47-33-23-51(19-17-35(33)50(41)2)22-25-9-11-26(12-10-25)43(56)57/h3-8,25-26,28-29,53H,9-24H2,1-2H3,(H,48,55)(H,56,57). The first-order valence-electron chi connectivity index (χ1n) is 20.3. The summed E-state index contributed by atoms with van der Waals surface area (Å²) in [6, 6.07) is 11.4. The predicted octanol–water partition coefficient (Wildman–Crippen LogP) is 6.72. The van der Waals surface area contributed by atoms with Crippen molar-refractivity contribution in [2.45, 2.75) is 95.9 Å². The molecule has 1 amide bonds. The molecule has 4 aliphatic rings. The number of nitrogens with zero attached hydrogens (tertiary/aromatic N) is 6. The van der Waals surface area contributed by atoms with Gasteiger partial charge >= 0.3 is 5.97 Å². The Hall–Kier alpha value is -4.07. The molecule has 0 atom stereocenters. The number of Topliss-reactive ketones (excluding diaryl/α,β-unsaturated/α-hetero) is 1. The fourth-order valence-corrected chi connectivity index (χ4v) is 10.2. The maximum absolute atomic E-state index is 13.8. The zero-order valence-electron chi connectivity index (χ0n) is 32.6. The lowest BCUT2D eigenvalue weighted by atomic mass is 9.81. The maximum Gasteiger partial charge on any atom is 0.306 e. The molecule has 2 aromatic carbocycles. The maximum atomic E-state index is 13.8. The average Bonchev–Trinajstić information content (AvgIpc) is 3.72. The zero-order valence-corrected chi connectivity index (χ0v) is 34.2. The number of aliphatic hydroxyl groups is 1. The van der Waals surface area contributed by atoms with E-state index in [4.69, 9.17) is 33.2 Å². The number of fused-ring (bicyclic) bond motifs is 2. The van der Waals surface area contributed by atoms with Crippen LogP contribution in [0.25, 0.3) is 11.1 Å². The number of rotatable bonds is 10. The van der Waals surface area contributed by atoms with Gasteiger partial charge in [0.25, 0.3) is 5.91 Å². The van der Waals surface area contributed by atoms with Gasteiger partial charge in [-0.2, -0.15) is 0 Å². The van der Waals surface area contributed by atoms with Crippen LogP contribution in [0.5, 0.6) is 0 Å². The quantitative estimate of drug-likeness (QED) is 0.149. The lowest BCUT2D eigenvalue weighted by Gasteiger charge is -2.37. The van der Waals surface area contributed by atoms with E-state index in [2.05, 4.69) is 15.1 Å². The highest BCUT2D eigenvalue weighted by molar-refractivity contribution is 6.39. The monoisotopic (exact) mass is 815 g/mol. The number of anilines is 1. The van der Waals surface area contributed by atoms with Crippen molar-refractivity contribution in [3.05, 3.63) is 86.4 Å². The van der Waals surface area contributed by atoms with Gasteiger partial charge in [0.2, 0.25) is 5.78 Å². The molecular weight excluding hydrogens is 765 g/mol. The number of halogens is 2. The summed E-state index contributed by atoms with van der Waals surface area (Å²) in [5, 5.41) is 23.1. The average molecular weight is 817 g/mol. The topological polar surface area (TPSA) is 146 Å². The second-order valence-electron chi connectivity index (χ2n) is 16.5. The van der Waals surface area contributed by atoms with Crippen molar-refractivity contribution in [1.82, 2.24) is 28.9 Å². The van der Waals surface area contributed by atoms with Crippen LogP contribution in [0.4, 0.5) is 5.69 Å². The highest BCUT2D eigenvalue weighted by Gasteiger charge is 2.33. The fraction of sp³-hybridized carbons (Fsp3) is 0.512. The Morgan fingerprint density at radius 1 is 0.789 bits per heavy atom. The summed E-state index contributed by atoms with van der Waals surface area (Å²) in [6.07, 6.45) is 8.41. The Balaban J connectivity index is 0.933. The lowest BCUT2D eigenvalue weighted by Crippen LogP contribution is -2.42. The van der Waals surface area contributed by atoms with Gasteiger partial charge in [-0.1, -0.05) is 53.5 Å². The number of nitrogens with one attached hydrogen (secondary N) is 1. The van der Waals surface area contributed by atoms with Crippen molar-refractivity contribution in [3.63, 3.8) is 0 Å². The molecule has 2 aliphatic carbocycles. The van der Waals surface area contributed by atoms with E-state index in [9.17, 15) is 24.6 Å². The molecule has 4 aromatic rings. The Labute approximate surface area is 343 Å². The number of aromatic nitrogens is 4. The Bertz CT molecular complexity index is 2180. The number of amides is 1. The second kappa shape index (κ2) is 16.7. The Kier molecular flexibility index (Phi) is 11.6. The summed E-state index contributed by atoms with van der Waals surface area (Å²) in [4.78, 5) is 53.4. The van der Waals surface area contributed by atoms with Gasteiger partial charge in [-0.15, -0.1) is 0 Å². The lowest BCUT2D eigenvalue weighted by molar-refractivity contribution is -0.143. The van der Waals surface area contributed by atoms with Crippen LogP contribution in [0.2, 0.25) is 10.0 Å². The van der Waals surface area contributed by atoms with Crippen LogP contribution in [-0.4, -0.2) is 88.6 Å². The number of carboxylic acids is 1. The van der Waals surface area contributed by atoms with E-state index in [1.54, 1.807) is 6.07 Å². The van der Waals surface area contributed by atoms with Gasteiger partial charge in [-0.05, 0) is 68.9 Å². The van der Waals surface area contributed by atoms with Crippen molar-refractivity contribution in [2.24, 2.45) is 25.9 Å². The number of aliphatic carboxylic acids is 1. The van der Waals surface area contributed by atoms with E-state index in [1.165, 1.54) is 0 Å². The van der Waals surface area contributed by atoms with E-state index in [0.29, 0.717) is 69.1 Å². The third-order valence-corrected chi connectivity index (χ3v) is 13.8. The number of benzene rings is 2. The summed E-state index contributed by atoms with van der Waals surface area (Å²) in [7, 11) is 3.78. The van der Waals surface area contributed by atoms with Gasteiger partial charge in [-0.3, -0.25) is 24.2 Å². The normalized spacial score (nSPS) is 22.8. The molecule has 14 heteroatoms. The number of carbonyl (C=O) groups is 3. The van der Waals surface area contributed by atoms with Crippen molar-refractivity contribution in [3.8, 4) is 11.1 Å². The number of ketones is 1. The number of hydrogen-bond donors (Lipinski definition) is 3. The molecule has 302 valence electrons. The van der Waals surface area contributed by atoms with Crippen LogP contribution in [0, 0.1) is 11.8 Å². The molecule has 12 nitrogen and oxygen atoms in total. The summed E-state index contributed by atoms with van der Waals surface area (Å²) in [5.41, 5.74) is 6.34. The Morgan fingerprint density at radius 3 is 2.14 bits per heavy atom. The molecule has 0 spiro atoms. The summed E-state index contributed by atoms with van der Waals surface area (Å²) in [5.74, 6) is -0.189. The molecular formula is C43H51Cl2N7O5. The Morgan fingerprint density at radius 2 is 1.42 bits per heavy atom. The SMILES string of the molecule is Cn1c(C(=O)Cc2cccc(-c3cccc(NC(=O)c4nc5c(n4C)CCN(CC4CCC(C(=O)O)CC4)C5)c3Cl)c2Cl)nc2c1CCN(C1CCC(O)CC1)C2. The van der Waals surface area contributed by atoms with Crippen molar-refractivity contribution >= 4 is 46.5 Å². The molecule has 2 aromatic heterocycles. The highest BCUT2D eigenvalue weighted by atomic mass is 35.5. The largest absolute Gasteiger partial charge is 0.481 e. The minimum absolute atomic E-state index is 0.0712. The summed E-state index contributed by atoms with van der Waals surface area (Å²) < 4.78 is 3.80. The summed E-state index contributed by atoms with van der Waals surface area (Å²) >= 11 is 14.0. The first-order chi connectivity index (χ1) is 27.4. The van der Waals surface area contributed by atoms with Gasteiger partial charge in [0, 0.05) is 94.6 Å². The molecule has 0 unspecified atom stereocenters. The minimum atomic E-state index is -0.685. The molecule has 0 saturated heterocycles. The van der Waals surface area contributed by atoms with E-state index < -0.39 is 5.97 Å². The molecule has 4 heterocycles. The number of carbonyl (C=O) groups excluding carboxylic acids is 2. The van der Waals surface area contributed by atoms with Crippen LogP contribution in [0.15, 0.2) is 36.4 Å². The van der Waals surface area contributed by atoms with Crippen LogP contribution in [0.3, 0.4) is 0 Å². The third kappa shape index (κ3) is 8.16. The van der Waals surface area contributed by atoms with Crippen molar-refractivity contribution in [1.29, 1.82) is 0 Å². The first kappa shape index (κ1) is 39.7. The zero-order chi connectivity index (χ0) is 40.0. The van der Waals surface area contributed by atoms with Crippen molar-refractivity contribution < 1.29 is 24.6 Å². The molecule has 0 radical (unpaired) electrons. The molecule has 8 rings (SSSR count). The van der Waals surface area contributed by atoms with Gasteiger partial charge in [-0.25, -0.2) is 9.97 Å². The molecule has 0 bridgehead atoms. The van der Waals surface area contributed by atoms with Gasteiger partial charge in [0.05, 0.1) is 39.1 Å². The third-order valence-electron chi connectivity index (χ3n) is 12.9. The first-order valence-corrected chi connectivity index (χ1v) is 21.1. The van der Waals surface area contributed by atoms with Crippen LogP contribution in [-0.2, 0) is 51.2 Å². The van der Waals surface area contributed by atoms with E-state index >= 15 is 0 Å². The molecule has 2 fully saturated rings. The molecule has 2 saturated carbocycles. The number of carboxylic acid groups (broad SMARTS) is 1. The predicted molar refractivity (Wildman–Crippen MR) is 219 cm³/mol. The number of hydrogen-bond acceptors (Lipinski definition) is 8. The molecule has 2 aliphatic heterocycles. The van der Waals surface area contributed by atoms with Gasteiger partial charge in [0.1, 0.15) is 0 Å². The van der Waals surface area contributed by atoms with Crippen LogP contribution < -0.4 is 5.32 Å². The fourth-order valence-electron chi connectivity index (χ4n) is 9.62. The van der Waals surface area contributed by atoms with Gasteiger partial charge in [0.15, 0.2) is 11.6 Å². The van der Waals surface area contributed by atoms with Crippen molar-refractivity contribution in [2.75, 3.05) is 25.0 Å². The highest BCUT2D eigenvalue weighted by Crippen LogP contribution is 2.39. The van der Waals surface area contributed by atoms with Crippen LogP contribution >= 0.6 is 23.2 Å². The summed E-state index contributed by atoms with van der Waals surface area (Å²) in [6.45, 7) is 4.04. The van der Waals surface area contributed by atoms with E-state index in [-0.39, 0.29) is 30.1 Å².